The number of para-hydroxylation sites is 1. The Labute approximate surface area is 259 Å². The number of anilines is 1. The lowest BCUT2D eigenvalue weighted by molar-refractivity contribution is 0.0344. The summed E-state index contributed by atoms with van der Waals surface area (Å²) in [6.07, 6.45) is 2.41. The number of carbonyl (C=O) groups is 1. The molecule has 11 heteroatoms. The fourth-order valence-corrected chi connectivity index (χ4v) is 6.43. The number of sulfonamides is 1. The predicted octanol–water partition coefficient (Wildman–Crippen LogP) is 4.24. The van der Waals surface area contributed by atoms with Crippen molar-refractivity contribution in [2.45, 2.75) is 37.6 Å². The fourth-order valence-electron chi connectivity index (χ4n) is 5.38. The van der Waals surface area contributed by atoms with Crippen LogP contribution in [0.25, 0.3) is 11.1 Å². The summed E-state index contributed by atoms with van der Waals surface area (Å²) in [7, 11) is -0.362. The van der Waals surface area contributed by atoms with E-state index in [9.17, 15) is 18.3 Å². The van der Waals surface area contributed by atoms with Crippen LogP contribution in [0, 0.1) is 5.92 Å². The van der Waals surface area contributed by atoms with E-state index >= 15 is 0 Å². The highest BCUT2D eigenvalue weighted by Crippen LogP contribution is 2.36. The Morgan fingerprint density at radius 1 is 1.07 bits per heavy atom. The first-order valence-corrected chi connectivity index (χ1v) is 16.1. The average Bonchev–Trinajstić information content (AvgIpc) is 3.47. The van der Waals surface area contributed by atoms with Crippen LogP contribution >= 0.6 is 0 Å². The molecule has 4 aromatic rings. The van der Waals surface area contributed by atoms with E-state index in [1.807, 2.05) is 32.2 Å². The van der Waals surface area contributed by atoms with E-state index in [1.165, 1.54) is 12.5 Å². The number of nitrogens with one attached hydrogen (secondary N) is 1. The maximum absolute atomic E-state index is 13.8. The fraction of sp³-hybridized carbons (Fsp3) is 0.333. The van der Waals surface area contributed by atoms with Crippen molar-refractivity contribution in [2.75, 3.05) is 31.5 Å². The molecule has 3 atom stereocenters. The van der Waals surface area contributed by atoms with Gasteiger partial charge in [-0.05, 0) is 42.8 Å². The summed E-state index contributed by atoms with van der Waals surface area (Å²) in [4.78, 5) is 21.5. The van der Waals surface area contributed by atoms with Crippen molar-refractivity contribution >= 4 is 21.6 Å². The summed E-state index contributed by atoms with van der Waals surface area (Å²) in [5, 5.41) is 9.83. The van der Waals surface area contributed by atoms with Crippen molar-refractivity contribution < 1.29 is 23.1 Å². The average molecular weight is 618 g/mol. The molecule has 0 aliphatic carbocycles. The Morgan fingerprint density at radius 3 is 2.43 bits per heavy atom. The number of amides is 1. The Balaban J connectivity index is 1.42. The van der Waals surface area contributed by atoms with Crippen LogP contribution < -0.4 is 9.46 Å². The second-order valence-electron chi connectivity index (χ2n) is 11.5. The lowest BCUT2D eigenvalue weighted by Crippen LogP contribution is -2.49. The highest BCUT2D eigenvalue weighted by molar-refractivity contribution is 7.92. The number of aryl methyl sites for hydroxylation is 1. The van der Waals surface area contributed by atoms with Gasteiger partial charge in [0, 0.05) is 38.8 Å². The number of aliphatic hydroxyl groups is 1. The van der Waals surface area contributed by atoms with E-state index in [1.54, 1.807) is 41.6 Å². The molecule has 1 aliphatic heterocycles. The number of aliphatic hydroxyl groups excluding tert-OH is 1. The van der Waals surface area contributed by atoms with Crippen molar-refractivity contribution in [3.63, 3.8) is 0 Å². The SMILES string of the molecule is C[C@@H]1CN([C@H](C)CO)C(=O)c2cccc(NS(=O)(=O)c3cn(C)cn3)c2O[C@H]1CN(C)Cc1ccc(-c2ccccc2)cc1. The molecule has 232 valence electrons. The number of likely N-dealkylation sites (N-methyl/N-ethyl adjacent to an activating group) is 1. The van der Waals surface area contributed by atoms with Crippen LogP contribution in [0.15, 0.2) is 90.3 Å². The molecule has 0 saturated carbocycles. The third-order valence-electron chi connectivity index (χ3n) is 7.90. The summed E-state index contributed by atoms with van der Waals surface area (Å²) < 4.78 is 37.1. The number of rotatable bonds is 10. The van der Waals surface area contributed by atoms with Gasteiger partial charge in [-0.1, -0.05) is 67.6 Å². The Morgan fingerprint density at radius 2 is 1.77 bits per heavy atom. The van der Waals surface area contributed by atoms with Gasteiger partial charge in [0.25, 0.3) is 15.9 Å². The zero-order valence-electron chi connectivity index (χ0n) is 25.4. The topological polar surface area (TPSA) is 117 Å². The molecule has 0 bridgehead atoms. The molecule has 0 unspecified atom stereocenters. The van der Waals surface area contributed by atoms with E-state index < -0.39 is 22.2 Å². The third-order valence-corrected chi connectivity index (χ3v) is 9.15. The predicted molar refractivity (Wildman–Crippen MR) is 170 cm³/mol. The van der Waals surface area contributed by atoms with Crippen molar-refractivity contribution in [3.8, 4) is 16.9 Å². The minimum absolute atomic E-state index is 0.135. The molecule has 3 aromatic carbocycles. The molecule has 1 aromatic heterocycles. The van der Waals surface area contributed by atoms with Crippen LogP contribution in [0.3, 0.4) is 0 Å². The maximum atomic E-state index is 13.8. The highest BCUT2D eigenvalue weighted by Gasteiger charge is 2.35. The van der Waals surface area contributed by atoms with Crippen molar-refractivity contribution in [2.24, 2.45) is 13.0 Å². The first-order valence-electron chi connectivity index (χ1n) is 14.6. The zero-order valence-corrected chi connectivity index (χ0v) is 26.2. The number of nitrogens with zero attached hydrogens (tertiary/aromatic N) is 4. The van der Waals surface area contributed by atoms with Gasteiger partial charge in [0.05, 0.1) is 30.2 Å². The number of imidazole rings is 1. The number of ether oxygens (including phenoxy) is 1. The van der Waals surface area contributed by atoms with Gasteiger partial charge in [0.1, 0.15) is 6.10 Å². The standard InChI is InChI=1S/C33H39N5O5S/c1-23-17-38(24(2)21-39)33(40)28-11-8-12-29(35-44(41,42)31-20-37(4)22-34-31)32(28)43-30(23)19-36(3)18-25-13-15-27(16-14-25)26-9-6-5-7-10-26/h5-16,20,22-24,30,35,39H,17-19,21H2,1-4H3/t23-,24-,30+/m1/s1. The number of benzene rings is 3. The van der Waals surface area contributed by atoms with Gasteiger partial charge in [0.2, 0.25) is 0 Å². The number of aromatic nitrogens is 2. The molecule has 44 heavy (non-hydrogen) atoms. The van der Waals surface area contributed by atoms with Gasteiger partial charge in [-0.25, -0.2) is 4.98 Å². The van der Waals surface area contributed by atoms with E-state index in [2.05, 4.69) is 51.0 Å². The van der Waals surface area contributed by atoms with Crippen molar-refractivity contribution in [1.82, 2.24) is 19.4 Å². The lowest BCUT2D eigenvalue weighted by atomic mass is 9.98. The van der Waals surface area contributed by atoms with Crippen LogP contribution in [0.5, 0.6) is 5.75 Å². The Bertz CT molecular complexity index is 1690. The first kappa shape index (κ1) is 31.2. The molecule has 0 fully saturated rings. The summed E-state index contributed by atoms with van der Waals surface area (Å²) >= 11 is 0. The van der Waals surface area contributed by atoms with Gasteiger partial charge in [-0.15, -0.1) is 0 Å². The number of carbonyl (C=O) groups excluding carboxylic acids is 1. The van der Waals surface area contributed by atoms with Gasteiger partial charge in [0.15, 0.2) is 10.8 Å². The molecule has 0 radical (unpaired) electrons. The van der Waals surface area contributed by atoms with Crippen LogP contribution in [0.4, 0.5) is 5.69 Å². The van der Waals surface area contributed by atoms with E-state index in [4.69, 9.17) is 4.74 Å². The van der Waals surface area contributed by atoms with Gasteiger partial charge in [-0.2, -0.15) is 8.42 Å². The van der Waals surface area contributed by atoms with Crippen LogP contribution in [0.1, 0.15) is 29.8 Å². The molecule has 2 heterocycles. The van der Waals surface area contributed by atoms with Crippen molar-refractivity contribution in [1.29, 1.82) is 0 Å². The smallest absolute Gasteiger partial charge is 0.281 e. The molecular weight excluding hydrogens is 578 g/mol. The van der Waals surface area contributed by atoms with Gasteiger partial charge in [-0.3, -0.25) is 14.4 Å². The molecule has 1 amide bonds. The minimum Gasteiger partial charge on any atom is -0.486 e. The molecular formula is C33H39N5O5S. The van der Waals surface area contributed by atoms with Crippen LogP contribution in [-0.2, 0) is 23.6 Å². The molecule has 10 nitrogen and oxygen atoms in total. The second-order valence-corrected chi connectivity index (χ2v) is 13.2. The third kappa shape index (κ3) is 6.96. The summed E-state index contributed by atoms with van der Waals surface area (Å²) in [5.41, 5.74) is 3.82. The quantitative estimate of drug-likeness (QED) is 0.273. The maximum Gasteiger partial charge on any atom is 0.281 e. The molecule has 0 spiro atoms. The highest BCUT2D eigenvalue weighted by atomic mass is 32.2. The lowest BCUT2D eigenvalue weighted by Gasteiger charge is -2.38. The van der Waals surface area contributed by atoms with Gasteiger partial charge >= 0.3 is 0 Å². The number of hydrogen-bond acceptors (Lipinski definition) is 7. The second kappa shape index (κ2) is 13.2. The molecule has 5 rings (SSSR count). The summed E-state index contributed by atoms with van der Waals surface area (Å²) in [5.74, 6) is -0.314. The van der Waals surface area contributed by atoms with E-state index in [0.717, 1.165) is 16.7 Å². The first-order chi connectivity index (χ1) is 21.1. The summed E-state index contributed by atoms with van der Waals surface area (Å²) in [6, 6.07) is 23.1. The molecule has 2 N–H and O–H groups in total. The number of hydrogen-bond donors (Lipinski definition) is 2. The summed E-state index contributed by atoms with van der Waals surface area (Å²) in [6.45, 7) is 5.14. The minimum atomic E-state index is -4.05. The Hall–Kier alpha value is -4.19. The molecule has 1 aliphatic rings. The van der Waals surface area contributed by atoms with Crippen LogP contribution in [0.2, 0.25) is 0 Å². The molecule has 0 saturated heterocycles. The number of fused-ring (bicyclic) bond motifs is 1. The van der Waals surface area contributed by atoms with Crippen LogP contribution in [-0.4, -0.2) is 77.7 Å². The Kier molecular flexibility index (Phi) is 9.38. The normalized spacial score (nSPS) is 17.9. The monoisotopic (exact) mass is 617 g/mol. The largest absolute Gasteiger partial charge is 0.486 e. The van der Waals surface area contributed by atoms with Crippen molar-refractivity contribution in [3.05, 3.63) is 96.4 Å². The van der Waals surface area contributed by atoms with Gasteiger partial charge < -0.3 is 19.3 Å². The zero-order chi connectivity index (χ0) is 31.4. The van der Waals surface area contributed by atoms with E-state index in [-0.39, 0.29) is 40.5 Å². The van der Waals surface area contributed by atoms with E-state index in [0.29, 0.717) is 19.6 Å².